The van der Waals surface area contributed by atoms with Crippen molar-refractivity contribution in [2.45, 2.75) is 33.2 Å². The zero-order valence-electron chi connectivity index (χ0n) is 14.9. The van der Waals surface area contributed by atoms with Gasteiger partial charge in [0.1, 0.15) is 11.4 Å². The average molecular weight is 363 g/mol. The second-order valence-corrected chi connectivity index (χ2v) is 8.35. The van der Waals surface area contributed by atoms with E-state index in [9.17, 15) is 13.2 Å². The van der Waals surface area contributed by atoms with E-state index in [2.05, 4.69) is 5.16 Å². The van der Waals surface area contributed by atoms with Crippen molar-refractivity contribution in [2.75, 3.05) is 22.5 Å². The third kappa shape index (κ3) is 2.90. The highest BCUT2D eigenvalue weighted by molar-refractivity contribution is 7.92. The van der Waals surface area contributed by atoms with Gasteiger partial charge in [0.25, 0.3) is 5.91 Å². The molecule has 0 fully saturated rings. The number of aryl methyl sites for hydroxylation is 2. The van der Waals surface area contributed by atoms with Gasteiger partial charge in [-0.15, -0.1) is 0 Å². The number of benzene rings is 1. The predicted octanol–water partition coefficient (Wildman–Crippen LogP) is 2.28. The molecule has 3 rings (SSSR count). The highest BCUT2D eigenvalue weighted by Gasteiger charge is 2.33. The van der Waals surface area contributed by atoms with Gasteiger partial charge in [-0.3, -0.25) is 9.10 Å². The summed E-state index contributed by atoms with van der Waals surface area (Å²) in [5, 5.41) is 3.88. The maximum atomic E-state index is 12.8. The molecule has 25 heavy (non-hydrogen) atoms. The maximum Gasteiger partial charge on any atom is 0.258 e. The van der Waals surface area contributed by atoms with E-state index < -0.39 is 10.0 Å². The fourth-order valence-electron chi connectivity index (χ4n) is 3.49. The van der Waals surface area contributed by atoms with Gasteiger partial charge in [-0.1, -0.05) is 5.16 Å². The Morgan fingerprint density at radius 3 is 2.60 bits per heavy atom. The summed E-state index contributed by atoms with van der Waals surface area (Å²) in [6.45, 7) is 5.40. The third-order valence-electron chi connectivity index (χ3n) is 4.47. The van der Waals surface area contributed by atoms with Crippen molar-refractivity contribution in [3.63, 3.8) is 0 Å². The number of fused-ring (bicyclic) bond motifs is 1. The number of hydrogen-bond donors (Lipinski definition) is 0. The van der Waals surface area contributed by atoms with E-state index in [1.807, 2.05) is 6.92 Å². The molecule has 1 atom stereocenters. The molecule has 8 heteroatoms. The van der Waals surface area contributed by atoms with Gasteiger partial charge in [-0.2, -0.15) is 0 Å². The molecule has 0 spiro atoms. The Morgan fingerprint density at radius 1 is 1.36 bits per heavy atom. The number of anilines is 2. The minimum absolute atomic E-state index is 0.157. The van der Waals surface area contributed by atoms with Crippen LogP contribution in [0.1, 0.15) is 34.3 Å². The van der Waals surface area contributed by atoms with Gasteiger partial charge in [-0.25, -0.2) is 8.42 Å². The summed E-state index contributed by atoms with van der Waals surface area (Å²) in [4.78, 5) is 14.3. The first kappa shape index (κ1) is 17.5. The Hall–Kier alpha value is -2.35. The van der Waals surface area contributed by atoms with Crippen LogP contribution in [0.3, 0.4) is 0 Å². The van der Waals surface area contributed by atoms with Crippen molar-refractivity contribution >= 4 is 27.3 Å². The minimum Gasteiger partial charge on any atom is -0.359 e. The number of nitrogens with zero attached hydrogens (tertiary/aromatic N) is 3. The van der Waals surface area contributed by atoms with Crippen molar-refractivity contribution in [2.24, 2.45) is 0 Å². The van der Waals surface area contributed by atoms with E-state index in [1.165, 1.54) is 15.5 Å². The smallest absolute Gasteiger partial charge is 0.258 e. The van der Waals surface area contributed by atoms with Crippen molar-refractivity contribution in [3.8, 4) is 0 Å². The third-order valence-corrected chi connectivity index (χ3v) is 5.74. The van der Waals surface area contributed by atoms with Crippen molar-refractivity contribution in [1.29, 1.82) is 0 Å². The quantitative estimate of drug-likeness (QED) is 0.835. The van der Waals surface area contributed by atoms with E-state index in [4.69, 9.17) is 4.52 Å². The molecule has 0 unspecified atom stereocenters. The lowest BCUT2D eigenvalue weighted by atomic mass is 10.1. The Morgan fingerprint density at radius 2 is 2.04 bits per heavy atom. The zero-order chi connectivity index (χ0) is 18.5. The van der Waals surface area contributed by atoms with Gasteiger partial charge in [-0.05, 0) is 51.0 Å². The molecule has 0 aliphatic carbocycles. The average Bonchev–Trinajstić information content (AvgIpc) is 3.03. The van der Waals surface area contributed by atoms with E-state index >= 15 is 0 Å². The fraction of sp³-hybridized carbons (Fsp3) is 0.412. The Bertz CT molecular complexity index is 929. The van der Waals surface area contributed by atoms with Crippen LogP contribution in [0, 0.1) is 13.8 Å². The van der Waals surface area contributed by atoms with Gasteiger partial charge in [0.15, 0.2) is 5.76 Å². The van der Waals surface area contributed by atoms with Gasteiger partial charge in [0.2, 0.25) is 10.0 Å². The lowest BCUT2D eigenvalue weighted by Crippen LogP contribution is -2.34. The number of aromatic nitrogens is 1. The van der Waals surface area contributed by atoms with Crippen LogP contribution in [0.2, 0.25) is 0 Å². The summed E-state index contributed by atoms with van der Waals surface area (Å²) in [6, 6.07) is 4.98. The second kappa shape index (κ2) is 5.87. The summed E-state index contributed by atoms with van der Waals surface area (Å²) in [7, 11) is -1.67. The molecular formula is C17H21N3O4S. The monoisotopic (exact) mass is 363 g/mol. The summed E-state index contributed by atoms with van der Waals surface area (Å²) >= 11 is 0. The number of carbonyl (C=O) groups excluding carboxylic acids is 1. The first-order valence-electron chi connectivity index (χ1n) is 7.94. The second-order valence-electron chi connectivity index (χ2n) is 6.49. The van der Waals surface area contributed by atoms with Crippen molar-refractivity contribution < 1.29 is 17.7 Å². The van der Waals surface area contributed by atoms with E-state index in [1.54, 1.807) is 39.1 Å². The molecule has 0 bridgehead atoms. The normalized spacial score (nSPS) is 16.8. The standard InChI is InChI=1S/C17H21N3O4S/c1-10-8-14-9-13(6-7-15(14)20(10)25(5,22)23)17(21)19(4)16-11(2)18-24-12(16)3/h6-7,9-10H,8H2,1-5H3/t10-/m0/s1. The summed E-state index contributed by atoms with van der Waals surface area (Å²) in [5.41, 5.74) is 3.30. The van der Waals surface area contributed by atoms with Crippen LogP contribution in [0.5, 0.6) is 0 Å². The van der Waals surface area contributed by atoms with E-state index in [0.717, 1.165) is 5.56 Å². The molecule has 1 aliphatic rings. The summed E-state index contributed by atoms with van der Waals surface area (Å²) in [6.07, 6.45) is 1.78. The van der Waals surface area contributed by atoms with Gasteiger partial charge < -0.3 is 9.42 Å². The molecule has 2 aromatic rings. The Kier molecular flexibility index (Phi) is 4.10. The number of rotatable bonds is 3. The van der Waals surface area contributed by atoms with E-state index in [0.29, 0.717) is 34.8 Å². The molecule has 1 aromatic carbocycles. The van der Waals surface area contributed by atoms with E-state index in [-0.39, 0.29) is 11.9 Å². The van der Waals surface area contributed by atoms with Crippen LogP contribution < -0.4 is 9.21 Å². The van der Waals surface area contributed by atoms with Crippen LogP contribution in [0.4, 0.5) is 11.4 Å². The van der Waals surface area contributed by atoms with Crippen LogP contribution in [0.25, 0.3) is 0 Å². The molecule has 2 heterocycles. The van der Waals surface area contributed by atoms with Crippen molar-refractivity contribution in [1.82, 2.24) is 5.16 Å². The SMILES string of the molecule is Cc1noc(C)c1N(C)C(=O)c1ccc2c(c1)C[C@H](C)N2S(C)(=O)=O. The molecule has 0 saturated carbocycles. The summed E-state index contributed by atoms with van der Waals surface area (Å²) in [5.74, 6) is 0.383. The largest absolute Gasteiger partial charge is 0.359 e. The number of hydrogen-bond acceptors (Lipinski definition) is 5. The van der Waals surface area contributed by atoms with Gasteiger partial charge in [0.05, 0.1) is 11.9 Å². The van der Waals surface area contributed by atoms with Crippen LogP contribution in [0.15, 0.2) is 22.7 Å². The lowest BCUT2D eigenvalue weighted by molar-refractivity contribution is 0.0992. The first-order valence-corrected chi connectivity index (χ1v) is 9.79. The van der Waals surface area contributed by atoms with Crippen molar-refractivity contribution in [3.05, 3.63) is 40.8 Å². The van der Waals surface area contributed by atoms with Crippen LogP contribution in [-0.4, -0.2) is 38.8 Å². The molecule has 134 valence electrons. The summed E-state index contributed by atoms with van der Waals surface area (Å²) < 4.78 is 30.5. The van der Waals surface area contributed by atoms with Crippen LogP contribution in [-0.2, 0) is 16.4 Å². The number of sulfonamides is 1. The van der Waals surface area contributed by atoms with Gasteiger partial charge >= 0.3 is 0 Å². The molecule has 1 aromatic heterocycles. The lowest BCUT2D eigenvalue weighted by Gasteiger charge is -2.22. The number of amides is 1. The van der Waals surface area contributed by atoms with Gasteiger partial charge in [0, 0.05) is 18.7 Å². The molecule has 1 aliphatic heterocycles. The molecule has 0 saturated heterocycles. The first-order chi connectivity index (χ1) is 11.6. The zero-order valence-corrected chi connectivity index (χ0v) is 15.7. The fourth-order valence-corrected chi connectivity index (χ4v) is 4.76. The van der Waals surface area contributed by atoms with Crippen LogP contribution >= 0.6 is 0 Å². The molecule has 0 radical (unpaired) electrons. The predicted molar refractivity (Wildman–Crippen MR) is 95.6 cm³/mol. The molecule has 0 N–H and O–H groups in total. The molecule has 7 nitrogen and oxygen atoms in total. The Balaban J connectivity index is 1.96. The molecular weight excluding hydrogens is 342 g/mol. The topological polar surface area (TPSA) is 83.7 Å². The highest BCUT2D eigenvalue weighted by Crippen LogP contribution is 2.35. The highest BCUT2D eigenvalue weighted by atomic mass is 32.2. The maximum absolute atomic E-state index is 12.8. The molecule has 1 amide bonds. The minimum atomic E-state index is -3.34. The Labute approximate surface area is 147 Å². The number of carbonyl (C=O) groups is 1.